The average molecular weight is 172 g/mol. The zero-order valence-corrected chi connectivity index (χ0v) is 8.21. The second kappa shape index (κ2) is 8.72. The van der Waals surface area contributed by atoms with E-state index >= 15 is 0 Å². The fourth-order valence-electron chi connectivity index (χ4n) is 0.971. The van der Waals surface area contributed by atoms with Crippen LogP contribution >= 0.6 is 0 Å². The first-order valence-corrected chi connectivity index (χ1v) is 4.82. The summed E-state index contributed by atoms with van der Waals surface area (Å²) in [4.78, 5) is 10.1. The maximum atomic E-state index is 10.1. The molecule has 0 unspecified atom stereocenters. The van der Waals surface area contributed by atoms with Crippen molar-refractivity contribution in [2.75, 3.05) is 13.2 Å². The molecular weight excluding hydrogens is 152 g/mol. The molecule has 2 nitrogen and oxygen atoms in total. The Hall–Kier alpha value is -0.370. The number of rotatable bonds is 8. The summed E-state index contributed by atoms with van der Waals surface area (Å²) < 4.78 is 5.39. The maximum absolute atomic E-state index is 10.1. The van der Waals surface area contributed by atoms with Crippen molar-refractivity contribution >= 4 is 6.29 Å². The molecule has 0 amide bonds. The second-order valence-electron chi connectivity index (χ2n) is 3.29. The van der Waals surface area contributed by atoms with Crippen molar-refractivity contribution in [2.45, 2.75) is 39.5 Å². The molecule has 0 spiro atoms. The van der Waals surface area contributed by atoms with Gasteiger partial charge in [0, 0.05) is 19.6 Å². The van der Waals surface area contributed by atoms with Crippen molar-refractivity contribution in [1.82, 2.24) is 0 Å². The molecule has 0 aromatic rings. The third kappa shape index (κ3) is 7.73. The van der Waals surface area contributed by atoms with E-state index in [0.29, 0.717) is 12.3 Å². The summed E-state index contributed by atoms with van der Waals surface area (Å²) in [6.45, 7) is 5.78. The molecule has 0 N–H and O–H groups in total. The van der Waals surface area contributed by atoms with Crippen molar-refractivity contribution in [1.29, 1.82) is 0 Å². The van der Waals surface area contributed by atoms with Crippen LogP contribution in [0, 0.1) is 5.92 Å². The Morgan fingerprint density at radius 2 is 2.17 bits per heavy atom. The zero-order valence-electron chi connectivity index (χ0n) is 8.21. The van der Waals surface area contributed by atoms with Crippen molar-refractivity contribution in [2.24, 2.45) is 5.92 Å². The minimum atomic E-state index is 0.379. The van der Waals surface area contributed by atoms with Crippen molar-refractivity contribution in [3.05, 3.63) is 0 Å². The van der Waals surface area contributed by atoms with E-state index in [1.165, 1.54) is 12.8 Å². The van der Waals surface area contributed by atoms with Gasteiger partial charge in [0.15, 0.2) is 0 Å². The molecule has 0 saturated carbocycles. The Balaban J connectivity index is 3.02. The van der Waals surface area contributed by atoms with Gasteiger partial charge in [0.2, 0.25) is 0 Å². The lowest BCUT2D eigenvalue weighted by Gasteiger charge is -2.07. The quantitative estimate of drug-likeness (QED) is 0.415. The van der Waals surface area contributed by atoms with E-state index in [4.69, 9.17) is 4.74 Å². The van der Waals surface area contributed by atoms with Gasteiger partial charge in [-0.2, -0.15) is 0 Å². The third-order valence-electron chi connectivity index (χ3n) is 1.79. The topological polar surface area (TPSA) is 26.3 Å². The number of hydrogen-bond donors (Lipinski definition) is 0. The van der Waals surface area contributed by atoms with Crippen LogP contribution in [0.5, 0.6) is 0 Å². The minimum absolute atomic E-state index is 0.379. The first kappa shape index (κ1) is 11.6. The van der Waals surface area contributed by atoms with E-state index in [1.54, 1.807) is 0 Å². The number of aldehydes is 1. The Bertz CT molecular complexity index is 102. The van der Waals surface area contributed by atoms with Crippen LogP contribution in [0.25, 0.3) is 0 Å². The van der Waals surface area contributed by atoms with Crippen LogP contribution < -0.4 is 0 Å². The predicted octanol–water partition coefficient (Wildman–Crippen LogP) is 2.42. The van der Waals surface area contributed by atoms with Gasteiger partial charge in [-0.25, -0.2) is 0 Å². The molecule has 72 valence electrons. The highest BCUT2D eigenvalue weighted by Gasteiger charge is 1.99. The van der Waals surface area contributed by atoms with Gasteiger partial charge in [-0.05, 0) is 12.3 Å². The second-order valence-corrected chi connectivity index (χ2v) is 3.29. The molecular formula is C10H20O2. The molecule has 2 heteroatoms. The normalized spacial score (nSPS) is 12.8. The van der Waals surface area contributed by atoms with Crippen molar-refractivity contribution in [3.8, 4) is 0 Å². The van der Waals surface area contributed by atoms with Crippen molar-refractivity contribution < 1.29 is 9.53 Å². The summed E-state index contributed by atoms with van der Waals surface area (Å²) in [5.74, 6) is 0.379. The standard InChI is InChI=1S/C10H20O2/c1-3-4-5-8-12-9-10(2)6-7-11/h7,10H,3-6,8-9H2,1-2H3/t10-/m1/s1. The predicted molar refractivity (Wildman–Crippen MR) is 50.2 cm³/mol. The van der Waals surface area contributed by atoms with Gasteiger partial charge >= 0.3 is 0 Å². The van der Waals surface area contributed by atoms with E-state index in [1.807, 2.05) is 6.92 Å². The number of carbonyl (C=O) groups excluding carboxylic acids is 1. The highest BCUT2D eigenvalue weighted by molar-refractivity contribution is 5.49. The van der Waals surface area contributed by atoms with Gasteiger partial charge < -0.3 is 9.53 Å². The number of carbonyl (C=O) groups is 1. The fourth-order valence-corrected chi connectivity index (χ4v) is 0.971. The maximum Gasteiger partial charge on any atom is 0.120 e. The SMILES string of the molecule is CCCCCOC[C@H](C)CC=O. The summed E-state index contributed by atoms with van der Waals surface area (Å²) >= 11 is 0. The molecule has 0 aliphatic heterocycles. The molecule has 0 radical (unpaired) electrons. The summed E-state index contributed by atoms with van der Waals surface area (Å²) in [7, 11) is 0. The largest absolute Gasteiger partial charge is 0.381 e. The number of hydrogen-bond acceptors (Lipinski definition) is 2. The van der Waals surface area contributed by atoms with Gasteiger partial charge in [0.25, 0.3) is 0 Å². The Morgan fingerprint density at radius 1 is 1.42 bits per heavy atom. The molecule has 12 heavy (non-hydrogen) atoms. The van der Waals surface area contributed by atoms with E-state index in [-0.39, 0.29) is 0 Å². The number of unbranched alkanes of at least 4 members (excludes halogenated alkanes) is 2. The summed E-state index contributed by atoms with van der Waals surface area (Å²) in [5.41, 5.74) is 0. The van der Waals surface area contributed by atoms with Crippen LogP contribution in [0.1, 0.15) is 39.5 Å². The van der Waals surface area contributed by atoms with Crippen LogP contribution in [0.4, 0.5) is 0 Å². The van der Waals surface area contributed by atoms with Gasteiger partial charge in [-0.3, -0.25) is 0 Å². The smallest absolute Gasteiger partial charge is 0.120 e. The van der Waals surface area contributed by atoms with E-state index < -0.39 is 0 Å². The van der Waals surface area contributed by atoms with E-state index in [0.717, 1.165) is 25.9 Å². The van der Waals surface area contributed by atoms with Crippen molar-refractivity contribution in [3.63, 3.8) is 0 Å². The Morgan fingerprint density at radius 3 is 2.75 bits per heavy atom. The molecule has 0 fully saturated rings. The Labute approximate surface area is 75.3 Å². The third-order valence-corrected chi connectivity index (χ3v) is 1.79. The lowest BCUT2D eigenvalue weighted by atomic mass is 10.1. The monoisotopic (exact) mass is 172 g/mol. The van der Waals surface area contributed by atoms with E-state index in [9.17, 15) is 4.79 Å². The summed E-state index contributed by atoms with van der Waals surface area (Å²) in [6, 6.07) is 0. The highest BCUT2D eigenvalue weighted by Crippen LogP contribution is 2.01. The van der Waals surface area contributed by atoms with Crippen LogP contribution in [0.2, 0.25) is 0 Å². The van der Waals surface area contributed by atoms with Gasteiger partial charge in [0.05, 0.1) is 0 Å². The molecule has 1 atom stereocenters. The highest BCUT2D eigenvalue weighted by atomic mass is 16.5. The zero-order chi connectivity index (χ0) is 9.23. The van der Waals surface area contributed by atoms with Crippen LogP contribution in [0.3, 0.4) is 0 Å². The first-order chi connectivity index (χ1) is 5.81. The molecule has 0 heterocycles. The van der Waals surface area contributed by atoms with Crippen LogP contribution in [-0.2, 0) is 9.53 Å². The molecule has 0 rings (SSSR count). The van der Waals surface area contributed by atoms with Gasteiger partial charge in [0.1, 0.15) is 6.29 Å². The first-order valence-electron chi connectivity index (χ1n) is 4.82. The molecule has 0 aromatic heterocycles. The van der Waals surface area contributed by atoms with Gasteiger partial charge in [-0.1, -0.05) is 26.7 Å². The fraction of sp³-hybridized carbons (Fsp3) is 0.900. The van der Waals surface area contributed by atoms with Crippen LogP contribution in [0.15, 0.2) is 0 Å². The average Bonchev–Trinajstić information content (AvgIpc) is 2.05. The minimum Gasteiger partial charge on any atom is -0.381 e. The van der Waals surface area contributed by atoms with Gasteiger partial charge in [-0.15, -0.1) is 0 Å². The van der Waals surface area contributed by atoms with Crippen LogP contribution in [-0.4, -0.2) is 19.5 Å². The molecule has 0 bridgehead atoms. The lowest BCUT2D eigenvalue weighted by molar-refractivity contribution is -0.108. The molecule has 0 aliphatic carbocycles. The lowest BCUT2D eigenvalue weighted by Crippen LogP contribution is -2.07. The summed E-state index contributed by atoms with van der Waals surface area (Å²) in [5, 5.41) is 0. The molecule has 0 aromatic carbocycles. The molecule has 0 aliphatic rings. The van der Waals surface area contributed by atoms with E-state index in [2.05, 4.69) is 6.92 Å². The molecule has 0 saturated heterocycles. The Kier molecular flexibility index (Phi) is 8.46. The summed E-state index contributed by atoms with van der Waals surface area (Å²) in [6.07, 6.45) is 5.19. The number of ether oxygens (including phenoxy) is 1.